The smallest absolute Gasteiger partial charge is 0.411 e. The Labute approximate surface area is 182 Å². The van der Waals surface area contributed by atoms with E-state index in [9.17, 15) is 23.6 Å². The van der Waals surface area contributed by atoms with Crippen LogP contribution in [0.4, 0.5) is 13.6 Å². The Bertz CT molecular complexity index is 897. The molecule has 1 aliphatic carbocycles. The first-order valence-corrected chi connectivity index (χ1v) is 10.6. The van der Waals surface area contributed by atoms with Crippen LogP contribution in [-0.4, -0.2) is 40.6 Å². The third kappa shape index (κ3) is 4.75. The van der Waals surface area contributed by atoms with E-state index in [4.69, 9.17) is 4.74 Å². The van der Waals surface area contributed by atoms with Gasteiger partial charge in [-0.05, 0) is 79.6 Å². The van der Waals surface area contributed by atoms with Crippen LogP contribution in [0.1, 0.15) is 45.6 Å². The number of rotatable bonds is 4. The lowest BCUT2D eigenvalue weighted by atomic mass is 9.97. The molecule has 162 valence electrons. The van der Waals surface area contributed by atoms with Crippen molar-refractivity contribution in [1.82, 2.24) is 10.2 Å². The second-order valence-corrected chi connectivity index (χ2v) is 9.67. The number of hydrogen-bond acceptors (Lipinski definition) is 4. The Kier molecular flexibility index (Phi) is 6.37. The highest BCUT2D eigenvalue weighted by Gasteiger charge is 2.52. The SMILES string of the molecule is CC(C)(C)OC(=O)N1[C@@H]2CCC(C2)[C@H]1C(=O)NC(C#N)Cc1cc(F)c(Br)cc1F. The summed E-state index contributed by atoms with van der Waals surface area (Å²) >= 11 is 2.91. The maximum Gasteiger partial charge on any atom is 0.411 e. The van der Waals surface area contributed by atoms with E-state index in [1.165, 1.54) is 4.90 Å². The molecule has 2 aliphatic rings. The van der Waals surface area contributed by atoms with Crippen molar-refractivity contribution in [3.63, 3.8) is 0 Å². The highest BCUT2D eigenvalue weighted by molar-refractivity contribution is 9.10. The molecular weight excluding hydrogens is 460 g/mol. The Hall–Kier alpha value is -2.21. The fourth-order valence-electron chi connectivity index (χ4n) is 4.23. The number of carbonyl (C=O) groups excluding carboxylic acids is 2. The predicted octanol–water partition coefficient (Wildman–Crippen LogP) is 4.07. The number of nitrogens with one attached hydrogen (secondary N) is 1. The lowest BCUT2D eigenvalue weighted by molar-refractivity contribution is -0.128. The number of nitriles is 1. The summed E-state index contributed by atoms with van der Waals surface area (Å²) in [5, 5.41) is 12.1. The van der Waals surface area contributed by atoms with E-state index in [0.717, 1.165) is 25.0 Å². The molecular formula is C21H24BrF2N3O3. The Balaban J connectivity index is 1.73. The molecule has 2 fully saturated rings. The zero-order valence-electron chi connectivity index (χ0n) is 17.0. The third-order valence-corrected chi connectivity index (χ3v) is 6.05. The molecule has 6 nitrogen and oxygen atoms in total. The number of piperidine rings is 1. The Morgan fingerprint density at radius 2 is 2.03 bits per heavy atom. The highest BCUT2D eigenvalue weighted by atomic mass is 79.9. The number of fused-ring (bicyclic) bond motifs is 2. The molecule has 9 heteroatoms. The van der Waals surface area contributed by atoms with Gasteiger partial charge in [0, 0.05) is 12.5 Å². The maximum absolute atomic E-state index is 14.1. The minimum Gasteiger partial charge on any atom is -0.444 e. The van der Waals surface area contributed by atoms with Gasteiger partial charge in [-0.15, -0.1) is 0 Å². The number of ether oxygens (including phenoxy) is 1. The van der Waals surface area contributed by atoms with E-state index in [-0.39, 0.29) is 28.4 Å². The van der Waals surface area contributed by atoms with Crippen LogP contribution in [0.5, 0.6) is 0 Å². The van der Waals surface area contributed by atoms with Gasteiger partial charge in [0.05, 0.1) is 10.5 Å². The van der Waals surface area contributed by atoms with Gasteiger partial charge < -0.3 is 10.1 Å². The zero-order valence-corrected chi connectivity index (χ0v) is 18.6. The van der Waals surface area contributed by atoms with Gasteiger partial charge in [0.25, 0.3) is 0 Å². The first kappa shape index (κ1) is 22.5. The van der Waals surface area contributed by atoms with Gasteiger partial charge in [-0.25, -0.2) is 13.6 Å². The summed E-state index contributed by atoms with van der Waals surface area (Å²) in [6.45, 7) is 5.27. The molecule has 3 rings (SSSR count). The minimum absolute atomic E-state index is 0.0104. The van der Waals surface area contributed by atoms with Gasteiger partial charge >= 0.3 is 6.09 Å². The topological polar surface area (TPSA) is 82.4 Å². The molecule has 1 aromatic carbocycles. The third-order valence-electron chi connectivity index (χ3n) is 5.44. The second-order valence-electron chi connectivity index (χ2n) is 8.81. The van der Waals surface area contributed by atoms with Gasteiger partial charge in [0.2, 0.25) is 5.91 Å². The molecule has 2 unspecified atom stereocenters. The summed E-state index contributed by atoms with van der Waals surface area (Å²) in [4.78, 5) is 27.2. The molecule has 1 aromatic rings. The van der Waals surface area contributed by atoms with Crippen LogP contribution in [0.2, 0.25) is 0 Å². The summed E-state index contributed by atoms with van der Waals surface area (Å²) in [7, 11) is 0. The van der Waals surface area contributed by atoms with Crippen LogP contribution < -0.4 is 5.32 Å². The number of halogens is 3. The van der Waals surface area contributed by atoms with Crippen molar-refractivity contribution in [2.75, 3.05) is 0 Å². The fourth-order valence-corrected chi connectivity index (χ4v) is 4.54. The van der Waals surface area contributed by atoms with Gasteiger partial charge in [0.1, 0.15) is 29.3 Å². The van der Waals surface area contributed by atoms with Crippen molar-refractivity contribution in [2.45, 2.75) is 70.2 Å². The zero-order chi connectivity index (χ0) is 22.2. The van der Waals surface area contributed by atoms with E-state index < -0.39 is 41.3 Å². The fraction of sp³-hybridized carbons (Fsp3) is 0.571. The largest absolute Gasteiger partial charge is 0.444 e. The average Bonchev–Trinajstić information content (AvgIpc) is 3.25. The van der Waals surface area contributed by atoms with E-state index in [1.807, 2.05) is 6.07 Å². The van der Waals surface area contributed by atoms with Crippen LogP contribution in [0.25, 0.3) is 0 Å². The predicted molar refractivity (Wildman–Crippen MR) is 108 cm³/mol. The summed E-state index contributed by atoms with van der Waals surface area (Å²) in [6, 6.07) is 2.04. The molecule has 1 heterocycles. The quantitative estimate of drug-likeness (QED) is 0.654. The normalized spacial score (nSPS) is 23.8. The molecule has 0 radical (unpaired) electrons. The molecule has 1 saturated carbocycles. The van der Waals surface area contributed by atoms with Crippen molar-refractivity contribution in [3.8, 4) is 6.07 Å². The van der Waals surface area contributed by atoms with E-state index in [0.29, 0.717) is 6.42 Å². The van der Waals surface area contributed by atoms with Gasteiger partial charge in [-0.2, -0.15) is 5.26 Å². The van der Waals surface area contributed by atoms with Crippen molar-refractivity contribution < 1.29 is 23.1 Å². The number of carbonyl (C=O) groups is 2. The lowest BCUT2D eigenvalue weighted by Gasteiger charge is -2.35. The summed E-state index contributed by atoms with van der Waals surface area (Å²) in [6.07, 6.45) is 1.58. The standard InChI is InChI=1S/C21H24BrF2N3O3/c1-21(2,3)30-20(29)27-14-5-4-11(7-14)18(27)19(28)26-13(10-25)6-12-8-17(24)15(22)9-16(12)23/h8-9,11,13-14,18H,4-7H2,1-3H3,(H,26,28)/t11?,13?,14-,18+/m1/s1. The number of nitrogens with zero attached hydrogens (tertiary/aromatic N) is 2. The second kappa shape index (κ2) is 8.50. The molecule has 30 heavy (non-hydrogen) atoms. The van der Waals surface area contributed by atoms with Gasteiger partial charge in [0.15, 0.2) is 0 Å². The molecule has 0 aromatic heterocycles. The van der Waals surface area contributed by atoms with Crippen molar-refractivity contribution in [1.29, 1.82) is 5.26 Å². The first-order valence-electron chi connectivity index (χ1n) is 9.85. The highest BCUT2D eigenvalue weighted by Crippen LogP contribution is 2.43. The molecule has 2 amide bonds. The first-order chi connectivity index (χ1) is 14.0. The lowest BCUT2D eigenvalue weighted by Crippen LogP contribution is -2.55. The Morgan fingerprint density at radius 1 is 1.33 bits per heavy atom. The number of benzene rings is 1. The molecule has 2 bridgehead atoms. The Morgan fingerprint density at radius 3 is 2.67 bits per heavy atom. The van der Waals surface area contributed by atoms with Gasteiger partial charge in [-0.1, -0.05) is 0 Å². The number of hydrogen-bond donors (Lipinski definition) is 1. The molecule has 1 aliphatic heterocycles. The van der Waals surface area contributed by atoms with Crippen molar-refractivity contribution in [3.05, 3.63) is 33.8 Å². The van der Waals surface area contributed by atoms with E-state index in [2.05, 4.69) is 21.2 Å². The molecule has 1 N–H and O–H groups in total. The van der Waals surface area contributed by atoms with Crippen LogP contribution in [0.15, 0.2) is 16.6 Å². The monoisotopic (exact) mass is 483 g/mol. The molecule has 1 saturated heterocycles. The van der Waals surface area contributed by atoms with Crippen molar-refractivity contribution in [2.24, 2.45) is 5.92 Å². The maximum atomic E-state index is 14.1. The average molecular weight is 484 g/mol. The van der Waals surface area contributed by atoms with E-state index in [1.54, 1.807) is 20.8 Å². The van der Waals surface area contributed by atoms with Crippen LogP contribution in [0.3, 0.4) is 0 Å². The number of amides is 2. The molecule has 4 atom stereocenters. The summed E-state index contributed by atoms with van der Waals surface area (Å²) < 4.78 is 33.3. The summed E-state index contributed by atoms with van der Waals surface area (Å²) in [5.74, 6) is -1.81. The summed E-state index contributed by atoms with van der Waals surface area (Å²) in [5.41, 5.74) is -0.710. The van der Waals surface area contributed by atoms with E-state index >= 15 is 0 Å². The van der Waals surface area contributed by atoms with Crippen LogP contribution in [0, 0.1) is 28.9 Å². The van der Waals surface area contributed by atoms with Crippen LogP contribution in [-0.2, 0) is 16.0 Å². The molecule has 0 spiro atoms. The minimum atomic E-state index is -1.06. The van der Waals surface area contributed by atoms with Crippen molar-refractivity contribution >= 4 is 27.9 Å². The van der Waals surface area contributed by atoms with Crippen LogP contribution >= 0.6 is 15.9 Å². The number of likely N-dealkylation sites (tertiary alicyclic amines) is 1. The van der Waals surface area contributed by atoms with Gasteiger partial charge in [-0.3, -0.25) is 9.69 Å².